The minimum Gasteiger partial charge on any atom is -0.480 e. The first-order valence-corrected chi connectivity index (χ1v) is 2.20. The maximum absolute atomic E-state index is 9.70. The van der Waals surface area contributed by atoms with Gasteiger partial charge in [-0.2, -0.15) is 0 Å². The predicted molar refractivity (Wildman–Crippen MR) is 29.8 cm³/mol. The standard InChI is InChI=1S/C4H9NO2.H2O/c1-2-5-3-4(6)7;/h5H,2-3H2,1H3,(H,6,7);1H2. The average Bonchev–Trinajstić information content (AvgIpc) is 1.61. The first-order chi connectivity index (χ1) is 3.27. The second kappa shape index (κ2) is 6.39. The molecule has 0 atom stereocenters. The summed E-state index contributed by atoms with van der Waals surface area (Å²) in [4.78, 5) is 9.70. The normalized spacial score (nSPS) is 7.62. The van der Waals surface area contributed by atoms with E-state index in [2.05, 4.69) is 5.32 Å². The van der Waals surface area contributed by atoms with Crippen LogP contribution in [0.5, 0.6) is 0 Å². The number of carbonyl (C=O) groups is 1. The lowest BCUT2D eigenvalue weighted by atomic mass is 10.6. The minimum atomic E-state index is -0.804. The summed E-state index contributed by atoms with van der Waals surface area (Å²) in [6.45, 7) is 2.64. The largest absolute Gasteiger partial charge is 0.480 e. The third-order valence-electron chi connectivity index (χ3n) is 0.526. The molecule has 0 aromatic heterocycles. The van der Waals surface area contributed by atoms with E-state index in [0.29, 0.717) is 6.54 Å². The highest BCUT2D eigenvalue weighted by Gasteiger charge is 1.88. The third kappa shape index (κ3) is 9.04. The van der Waals surface area contributed by atoms with Gasteiger partial charge < -0.3 is 15.9 Å². The van der Waals surface area contributed by atoms with Crippen LogP contribution in [-0.2, 0) is 4.79 Å². The van der Waals surface area contributed by atoms with Crippen molar-refractivity contribution < 1.29 is 15.4 Å². The van der Waals surface area contributed by atoms with Crippen molar-refractivity contribution in [1.29, 1.82) is 0 Å². The zero-order valence-electron chi connectivity index (χ0n) is 4.77. The van der Waals surface area contributed by atoms with Gasteiger partial charge >= 0.3 is 5.97 Å². The summed E-state index contributed by atoms with van der Waals surface area (Å²) < 4.78 is 0. The molecule has 0 aliphatic heterocycles. The average molecular weight is 121 g/mol. The Morgan fingerprint density at radius 2 is 2.25 bits per heavy atom. The van der Waals surface area contributed by atoms with Gasteiger partial charge in [-0.3, -0.25) is 4.79 Å². The maximum Gasteiger partial charge on any atom is 0.317 e. The van der Waals surface area contributed by atoms with E-state index in [1.54, 1.807) is 0 Å². The fraction of sp³-hybridized carbons (Fsp3) is 0.750. The van der Waals surface area contributed by atoms with Gasteiger partial charge in [-0.15, -0.1) is 0 Å². The van der Waals surface area contributed by atoms with Crippen LogP contribution in [0.1, 0.15) is 6.92 Å². The number of likely N-dealkylation sites (N-methyl/N-ethyl adjacent to an activating group) is 1. The Hall–Kier alpha value is -0.610. The summed E-state index contributed by atoms with van der Waals surface area (Å²) in [6, 6.07) is 0. The first kappa shape index (κ1) is 10.4. The van der Waals surface area contributed by atoms with Crippen molar-refractivity contribution in [3.8, 4) is 0 Å². The summed E-state index contributed by atoms with van der Waals surface area (Å²) in [5.41, 5.74) is 0. The van der Waals surface area contributed by atoms with Crippen LogP contribution >= 0.6 is 0 Å². The lowest BCUT2D eigenvalue weighted by Gasteiger charge is -1.90. The monoisotopic (exact) mass is 121 g/mol. The second-order valence-electron chi connectivity index (χ2n) is 1.17. The molecule has 0 unspecified atom stereocenters. The van der Waals surface area contributed by atoms with Crippen LogP contribution in [0, 0.1) is 0 Å². The van der Waals surface area contributed by atoms with E-state index in [1.807, 2.05) is 6.92 Å². The molecule has 4 heteroatoms. The van der Waals surface area contributed by atoms with Gasteiger partial charge in [0.1, 0.15) is 0 Å². The van der Waals surface area contributed by atoms with E-state index >= 15 is 0 Å². The Morgan fingerprint density at radius 3 is 2.38 bits per heavy atom. The number of rotatable bonds is 3. The van der Waals surface area contributed by atoms with Crippen LogP contribution in [0.15, 0.2) is 0 Å². The highest BCUT2D eigenvalue weighted by molar-refractivity contribution is 5.68. The fourth-order valence-corrected chi connectivity index (χ4v) is 0.232. The highest BCUT2D eigenvalue weighted by atomic mass is 16.4. The molecular weight excluding hydrogens is 110 g/mol. The highest BCUT2D eigenvalue weighted by Crippen LogP contribution is 1.56. The van der Waals surface area contributed by atoms with Crippen LogP contribution in [-0.4, -0.2) is 29.6 Å². The van der Waals surface area contributed by atoms with Gasteiger partial charge in [-0.05, 0) is 6.54 Å². The fourth-order valence-electron chi connectivity index (χ4n) is 0.232. The van der Waals surface area contributed by atoms with Crippen LogP contribution in [0.25, 0.3) is 0 Å². The minimum absolute atomic E-state index is 0. The SMILES string of the molecule is CCNCC(=O)O.O. The predicted octanol–water partition coefficient (Wildman–Crippen LogP) is -1.14. The van der Waals surface area contributed by atoms with Gasteiger partial charge in [0.25, 0.3) is 0 Å². The van der Waals surface area contributed by atoms with Gasteiger partial charge in [0, 0.05) is 0 Å². The third-order valence-corrected chi connectivity index (χ3v) is 0.526. The molecule has 0 rings (SSSR count). The zero-order chi connectivity index (χ0) is 5.70. The van der Waals surface area contributed by atoms with Crippen LogP contribution in [0.2, 0.25) is 0 Å². The molecular formula is C4H11NO3. The number of carboxylic acids is 1. The molecule has 0 amide bonds. The molecule has 0 aromatic rings. The van der Waals surface area contributed by atoms with E-state index in [0.717, 1.165) is 0 Å². The van der Waals surface area contributed by atoms with Gasteiger partial charge in [0.2, 0.25) is 0 Å². The van der Waals surface area contributed by atoms with Crippen molar-refractivity contribution in [1.82, 2.24) is 5.32 Å². The van der Waals surface area contributed by atoms with Gasteiger partial charge in [0.15, 0.2) is 0 Å². The molecule has 0 aliphatic carbocycles. The summed E-state index contributed by atoms with van der Waals surface area (Å²) in [7, 11) is 0. The van der Waals surface area contributed by atoms with Crippen molar-refractivity contribution in [2.75, 3.05) is 13.1 Å². The molecule has 0 saturated heterocycles. The van der Waals surface area contributed by atoms with Crippen LogP contribution in [0.3, 0.4) is 0 Å². The number of aliphatic carboxylic acids is 1. The lowest BCUT2D eigenvalue weighted by Crippen LogP contribution is -2.21. The van der Waals surface area contributed by atoms with Crippen molar-refractivity contribution in [2.24, 2.45) is 0 Å². The Balaban J connectivity index is 0. The topological polar surface area (TPSA) is 80.8 Å². The second-order valence-corrected chi connectivity index (χ2v) is 1.17. The van der Waals surface area contributed by atoms with E-state index in [-0.39, 0.29) is 12.0 Å². The van der Waals surface area contributed by atoms with Gasteiger partial charge in [0.05, 0.1) is 6.54 Å². The molecule has 0 spiro atoms. The Morgan fingerprint density at radius 1 is 1.75 bits per heavy atom. The number of carboxylic acid groups (broad SMARTS) is 1. The molecule has 4 N–H and O–H groups in total. The molecule has 0 aromatic carbocycles. The number of nitrogens with one attached hydrogen (secondary N) is 1. The van der Waals surface area contributed by atoms with Crippen molar-refractivity contribution in [3.05, 3.63) is 0 Å². The maximum atomic E-state index is 9.70. The van der Waals surface area contributed by atoms with Crippen LogP contribution in [0.4, 0.5) is 0 Å². The van der Waals surface area contributed by atoms with E-state index in [1.165, 1.54) is 0 Å². The smallest absolute Gasteiger partial charge is 0.317 e. The molecule has 0 heterocycles. The van der Waals surface area contributed by atoms with E-state index < -0.39 is 5.97 Å². The Labute approximate surface area is 47.8 Å². The summed E-state index contributed by atoms with van der Waals surface area (Å²) in [6.07, 6.45) is 0. The lowest BCUT2D eigenvalue weighted by molar-refractivity contribution is -0.135. The quantitative estimate of drug-likeness (QED) is 0.495. The van der Waals surface area contributed by atoms with E-state index in [4.69, 9.17) is 5.11 Å². The molecule has 0 aliphatic rings. The van der Waals surface area contributed by atoms with Gasteiger partial charge in [-0.1, -0.05) is 6.92 Å². The Bertz CT molecular complexity index is 64.3. The summed E-state index contributed by atoms with van der Waals surface area (Å²) in [5, 5.41) is 10.6. The molecule has 0 radical (unpaired) electrons. The molecule has 4 nitrogen and oxygen atoms in total. The molecule has 0 fully saturated rings. The van der Waals surface area contributed by atoms with Crippen molar-refractivity contribution >= 4 is 5.97 Å². The molecule has 8 heavy (non-hydrogen) atoms. The summed E-state index contributed by atoms with van der Waals surface area (Å²) in [5.74, 6) is -0.804. The number of hydrogen-bond acceptors (Lipinski definition) is 2. The molecule has 0 bridgehead atoms. The van der Waals surface area contributed by atoms with Crippen molar-refractivity contribution in [2.45, 2.75) is 6.92 Å². The van der Waals surface area contributed by atoms with Crippen LogP contribution < -0.4 is 5.32 Å². The summed E-state index contributed by atoms with van der Waals surface area (Å²) >= 11 is 0. The number of hydrogen-bond donors (Lipinski definition) is 2. The van der Waals surface area contributed by atoms with E-state index in [9.17, 15) is 4.79 Å². The van der Waals surface area contributed by atoms with Crippen molar-refractivity contribution in [3.63, 3.8) is 0 Å². The zero-order valence-corrected chi connectivity index (χ0v) is 4.77. The molecule has 0 saturated carbocycles. The van der Waals surface area contributed by atoms with Gasteiger partial charge in [-0.25, -0.2) is 0 Å². The Kier molecular flexibility index (Phi) is 8.30. The first-order valence-electron chi connectivity index (χ1n) is 2.20. The molecule has 50 valence electrons.